The monoisotopic (exact) mass is 328 g/mol. The molecule has 1 aromatic rings. The first-order valence-electron chi connectivity index (χ1n) is 7.03. The van der Waals surface area contributed by atoms with Gasteiger partial charge >= 0.3 is 22.1 Å². The van der Waals surface area contributed by atoms with Gasteiger partial charge in [-0.2, -0.15) is 8.42 Å². The highest BCUT2D eigenvalue weighted by Crippen LogP contribution is 2.17. The average molecular weight is 328 g/mol. The fraction of sp³-hybridized carbons (Fsp3) is 0.467. The molecule has 0 amide bonds. The molecular formula is C15H20O6S. The lowest BCUT2D eigenvalue weighted by atomic mass is 9.98. The van der Waals surface area contributed by atoms with Gasteiger partial charge < -0.3 is 9.29 Å². The third-order valence-corrected chi connectivity index (χ3v) is 4.45. The van der Waals surface area contributed by atoms with E-state index in [1.807, 2.05) is 13.8 Å². The van der Waals surface area contributed by atoms with Crippen LogP contribution in [0.4, 0.5) is 0 Å². The predicted octanol–water partition coefficient (Wildman–Crippen LogP) is 2.51. The second-order valence-corrected chi connectivity index (χ2v) is 6.63. The summed E-state index contributed by atoms with van der Waals surface area (Å²) in [5.74, 6) is -2.60. The minimum absolute atomic E-state index is 0.0609. The van der Waals surface area contributed by atoms with Gasteiger partial charge in [0.1, 0.15) is 4.90 Å². The molecule has 22 heavy (non-hydrogen) atoms. The summed E-state index contributed by atoms with van der Waals surface area (Å²) >= 11 is 0. The summed E-state index contributed by atoms with van der Waals surface area (Å²) in [6, 6.07) is 5.91. The molecule has 0 aliphatic carbocycles. The molecule has 0 aliphatic heterocycles. The average Bonchev–Trinajstić information content (AvgIpc) is 2.43. The van der Waals surface area contributed by atoms with Crippen LogP contribution in [0, 0.1) is 12.8 Å². The van der Waals surface area contributed by atoms with Gasteiger partial charge in [-0.15, -0.1) is 0 Å². The van der Waals surface area contributed by atoms with Crippen LogP contribution < -0.4 is 0 Å². The third kappa shape index (κ3) is 5.48. The van der Waals surface area contributed by atoms with Crippen molar-refractivity contribution in [2.24, 2.45) is 5.92 Å². The maximum atomic E-state index is 11.9. The van der Waals surface area contributed by atoms with E-state index in [1.54, 1.807) is 12.1 Å². The first kappa shape index (κ1) is 18.2. The minimum Gasteiger partial charge on any atom is -0.481 e. The molecule has 1 N–H and O–H groups in total. The van der Waals surface area contributed by atoms with Crippen LogP contribution in [0.2, 0.25) is 0 Å². The van der Waals surface area contributed by atoms with Crippen LogP contribution in [0.5, 0.6) is 0 Å². The first-order valence-corrected chi connectivity index (χ1v) is 8.44. The number of benzene rings is 1. The standard InChI is InChI=1S/C15H20O6S/c1-3-4-12(15(17)18)7-10-14(16)21-22(19,20)13-8-5-11(2)6-9-13/h5-6,8-9,12H,3-4,7,10H2,1-2H3,(H,17,18). The molecule has 1 rings (SSSR count). The first-order chi connectivity index (χ1) is 10.3. The molecule has 0 radical (unpaired) electrons. The molecule has 0 aliphatic rings. The van der Waals surface area contributed by atoms with Gasteiger partial charge in [-0.1, -0.05) is 31.0 Å². The van der Waals surface area contributed by atoms with E-state index in [0.29, 0.717) is 12.8 Å². The van der Waals surface area contributed by atoms with Gasteiger partial charge in [-0.3, -0.25) is 9.59 Å². The molecule has 1 unspecified atom stereocenters. The summed E-state index contributed by atoms with van der Waals surface area (Å²) in [5.41, 5.74) is 0.883. The molecule has 0 fully saturated rings. The van der Waals surface area contributed by atoms with Gasteiger partial charge in [0.05, 0.1) is 5.92 Å². The van der Waals surface area contributed by atoms with E-state index >= 15 is 0 Å². The van der Waals surface area contributed by atoms with Gasteiger partial charge in [-0.25, -0.2) is 0 Å². The lowest BCUT2D eigenvalue weighted by Crippen LogP contribution is -2.18. The van der Waals surface area contributed by atoms with Gasteiger partial charge in [0.25, 0.3) is 0 Å². The van der Waals surface area contributed by atoms with Crippen molar-refractivity contribution in [3.05, 3.63) is 29.8 Å². The number of hydrogen-bond donors (Lipinski definition) is 1. The van der Waals surface area contributed by atoms with Crippen LogP contribution in [-0.2, 0) is 23.9 Å². The van der Waals surface area contributed by atoms with Gasteiger partial charge in [-0.05, 0) is 31.9 Å². The van der Waals surface area contributed by atoms with Crippen LogP contribution in [0.25, 0.3) is 0 Å². The molecular weight excluding hydrogens is 308 g/mol. The Morgan fingerprint density at radius 1 is 1.18 bits per heavy atom. The maximum absolute atomic E-state index is 11.9. The molecule has 0 aromatic heterocycles. The van der Waals surface area contributed by atoms with Crippen molar-refractivity contribution in [1.82, 2.24) is 0 Å². The summed E-state index contributed by atoms with van der Waals surface area (Å²) < 4.78 is 28.3. The summed E-state index contributed by atoms with van der Waals surface area (Å²) in [7, 11) is -4.15. The second kappa shape index (κ2) is 7.93. The Bertz CT molecular complexity index is 618. The maximum Gasteiger partial charge on any atom is 0.341 e. The predicted molar refractivity (Wildman–Crippen MR) is 79.7 cm³/mol. The van der Waals surface area contributed by atoms with E-state index in [2.05, 4.69) is 4.18 Å². The van der Waals surface area contributed by atoms with Gasteiger partial charge in [0, 0.05) is 6.42 Å². The zero-order chi connectivity index (χ0) is 16.8. The van der Waals surface area contributed by atoms with Crippen molar-refractivity contribution < 1.29 is 27.3 Å². The van der Waals surface area contributed by atoms with Crippen LogP contribution in [0.15, 0.2) is 29.2 Å². The van der Waals surface area contributed by atoms with Gasteiger partial charge in [0.15, 0.2) is 0 Å². The number of carbonyl (C=O) groups is 2. The molecule has 7 heteroatoms. The number of carboxylic acids is 1. The van der Waals surface area contributed by atoms with Crippen LogP contribution in [0.3, 0.4) is 0 Å². The Kier molecular flexibility index (Phi) is 6.55. The minimum atomic E-state index is -4.15. The van der Waals surface area contributed by atoms with E-state index in [0.717, 1.165) is 5.56 Å². The topological polar surface area (TPSA) is 97.7 Å². The summed E-state index contributed by atoms with van der Waals surface area (Å²) in [4.78, 5) is 22.5. The molecule has 1 aromatic carbocycles. The van der Waals surface area contributed by atoms with Crippen molar-refractivity contribution in [1.29, 1.82) is 0 Å². The molecule has 6 nitrogen and oxygen atoms in total. The number of carbonyl (C=O) groups excluding carboxylic acids is 1. The molecule has 0 heterocycles. The fourth-order valence-corrected chi connectivity index (χ4v) is 2.84. The SMILES string of the molecule is CCCC(CCC(=O)OS(=O)(=O)c1ccc(C)cc1)C(=O)O. The van der Waals surface area contributed by atoms with Crippen molar-refractivity contribution in [2.75, 3.05) is 0 Å². The van der Waals surface area contributed by atoms with Crippen LogP contribution >= 0.6 is 0 Å². The number of aryl methyl sites for hydroxylation is 1. The van der Waals surface area contributed by atoms with Crippen LogP contribution in [0.1, 0.15) is 38.2 Å². The number of carboxylic acid groups (broad SMARTS) is 1. The van der Waals surface area contributed by atoms with E-state index in [-0.39, 0.29) is 17.7 Å². The van der Waals surface area contributed by atoms with Crippen molar-refractivity contribution in [3.8, 4) is 0 Å². The van der Waals surface area contributed by atoms with E-state index in [4.69, 9.17) is 5.11 Å². The molecule has 0 spiro atoms. The van der Waals surface area contributed by atoms with Crippen molar-refractivity contribution >= 4 is 22.1 Å². The Hall–Kier alpha value is -1.89. The van der Waals surface area contributed by atoms with E-state index in [1.165, 1.54) is 12.1 Å². The lowest BCUT2D eigenvalue weighted by Gasteiger charge is -2.10. The number of rotatable bonds is 8. The fourth-order valence-electron chi connectivity index (χ4n) is 1.95. The van der Waals surface area contributed by atoms with Crippen LogP contribution in [-0.4, -0.2) is 25.5 Å². The molecule has 1 atom stereocenters. The van der Waals surface area contributed by atoms with Crippen molar-refractivity contribution in [3.63, 3.8) is 0 Å². The molecule has 0 saturated carbocycles. The molecule has 0 saturated heterocycles. The summed E-state index contributed by atoms with van der Waals surface area (Å²) in [6.07, 6.45) is 0.925. The third-order valence-electron chi connectivity index (χ3n) is 3.20. The van der Waals surface area contributed by atoms with E-state index < -0.39 is 28.0 Å². The normalized spacial score (nSPS) is 12.6. The Balaban J connectivity index is 2.64. The quantitative estimate of drug-likeness (QED) is 0.736. The highest BCUT2D eigenvalue weighted by atomic mass is 32.2. The molecule has 0 bridgehead atoms. The molecule has 122 valence electrons. The van der Waals surface area contributed by atoms with Gasteiger partial charge in [0.2, 0.25) is 0 Å². The Morgan fingerprint density at radius 2 is 1.77 bits per heavy atom. The Morgan fingerprint density at radius 3 is 2.27 bits per heavy atom. The largest absolute Gasteiger partial charge is 0.481 e. The zero-order valence-corrected chi connectivity index (χ0v) is 13.4. The summed E-state index contributed by atoms with van der Waals surface area (Å²) in [5, 5.41) is 8.98. The van der Waals surface area contributed by atoms with Crippen molar-refractivity contribution in [2.45, 2.75) is 44.4 Å². The zero-order valence-electron chi connectivity index (χ0n) is 12.6. The lowest BCUT2D eigenvalue weighted by molar-refractivity contribution is -0.142. The second-order valence-electron chi connectivity index (χ2n) is 5.09. The summed E-state index contributed by atoms with van der Waals surface area (Å²) in [6.45, 7) is 3.65. The number of aliphatic carboxylic acids is 1. The van der Waals surface area contributed by atoms with E-state index in [9.17, 15) is 18.0 Å². The highest BCUT2D eigenvalue weighted by molar-refractivity contribution is 7.87. The Labute approximate surface area is 130 Å². The number of hydrogen-bond acceptors (Lipinski definition) is 5. The highest BCUT2D eigenvalue weighted by Gasteiger charge is 2.23. The smallest absolute Gasteiger partial charge is 0.341 e.